The molecular formula is C12H22N2OS. The maximum Gasteiger partial charge on any atom is 0.223 e. The third-order valence-corrected chi connectivity index (χ3v) is 4.08. The second kappa shape index (κ2) is 5.62. The Balaban J connectivity index is 2.57. The van der Waals surface area contributed by atoms with Gasteiger partial charge in [-0.1, -0.05) is 38.4 Å². The SMILES string of the molecule is CCC(C)(NC(=O)C1CCCCC1)C(N)=S. The minimum atomic E-state index is -0.524. The molecule has 16 heavy (non-hydrogen) atoms. The minimum absolute atomic E-state index is 0.122. The van der Waals surface area contributed by atoms with E-state index in [1.807, 2.05) is 13.8 Å². The van der Waals surface area contributed by atoms with Gasteiger partial charge in [0.2, 0.25) is 5.91 Å². The Morgan fingerprint density at radius 3 is 2.44 bits per heavy atom. The molecule has 1 fully saturated rings. The van der Waals surface area contributed by atoms with Gasteiger partial charge in [-0.15, -0.1) is 0 Å². The fourth-order valence-electron chi connectivity index (χ4n) is 2.06. The fourth-order valence-corrected chi connectivity index (χ4v) is 2.26. The summed E-state index contributed by atoms with van der Waals surface area (Å²) in [6, 6.07) is 0. The summed E-state index contributed by atoms with van der Waals surface area (Å²) >= 11 is 5.01. The van der Waals surface area contributed by atoms with Crippen LogP contribution in [0.5, 0.6) is 0 Å². The van der Waals surface area contributed by atoms with Crippen molar-refractivity contribution >= 4 is 23.1 Å². The first-order valence-corrected chi connectivity index (χ1v) is 6.52. The van der Waals surface area contributed by atoms with Crippen LogP contribution in [-0.2, 0) is 4.79 Å². The monoisotopic (exact) mass is 242 g/mol. The Morgan fingerprint density at radius 1 is 1.44 bits per heavy atom. The molecular weight excluding hydrogens is 220 g/mol. The molecule has 1 saturated carbocycles. The zero-order valence-electron chi connectivity index (χ0n) is 10.2. The Hall–Kier alpha value is -0.640. The summed E-state index contributed by atoms with van der Waals surface area (Å²) in [4.78, 5) is 12.4. The highest BCUT2D eigenvalue weighted by Crippen LogP contribution is 2.24. The molecule has 0 spiro atoms. The number of hydrogen-bond donors (Lipinski definition) is 2. The van der Waals surface area contributed by atoms with Crippen LogP contribution in [0.15, 0.2) is 0 Å². The van der Waals surface area contributed by atoms with Crippen molar-refractivity contribution in [2.75, 3.05) is 0 Å². The quantitative estimate of drug-likeness (QED) is 0.743. The number of nitrogens with one attached hydrogen (secondary N) is 1. The Morgan fingerprint density at radius 2 is 2.00 bits per heavy atom. The number of carbonyl (C=O) groups excluding carboxylic acids is 1. The highest BCUT2D eigenvalue weighted by atomic mass is 32.1. The van der Waals surface area contributed by atoms with Crippen LogP contribution >= 0.6 is 12.2 Å². The molecule has 0 heterocycles. The van der Waals surface area contributed by atoms with Crippen LogP contribution in [0.25, 0.3) is 0 Å². The lowest BCUT2D eigenvalue weighted by molar-refractivity contribution is -0.127. The van der Waals surface area contributed by atoms with E-state index in [4.69, 9.17) is 18.0 Å². The molecule has 0 aromatic heterocycles. The van der Waals surface area contributed by atoms with Crippen LogP contribution in [-0.4, -0.2) is 16.4 Å². The maximum absolute atomic E-state index is 12.1. The van der Waals surface area contributed by atoms with Crippen molar-refractivity contribution in [2.45, 2.75) is 57.9 Å². The van der Waals surface area contributed by atoms with E-state index in [1.54, 1.807) is 0 Å². The average Bonchev–Trinajstić information content (AvgIpc) is 2.29. The number of hydrogen-bond acceptors (Lipinski definition) is 2. The molecule has 0 aliphatic heterocycles. The molecule has 4 heteroatoms. The zero-order valence-corrected chi connectivity index (χ0v) is 11.0. The van der Waals surface area contributed by atoms with Crippen LogP contribution in [0.2, 0.25) is 0 Å². The third-order valence-electron chi connectivity index (χ3n) is 3.63. The second-order valence-corrected chi connectivity index (χ2v) is 5.31. The van der Waals surface area contributed by atoms with Gasteiger partial charge in [0.1, 0.15) is 0 Å². The lowest BCUT2D eigenvalue weighted by atomic mass is 9.87. The number of rotatable bonds is 4. The normalized spacial score (nSPS) is 21.1. The molecule has 1 aliphatic carbocycles. The predicted molar refractivity (Wildman–Crippen MR) is 70.2 cm³/mol. The molecule has 92 valence electrons. The molecule has 0 saturated heterocycles. The van der Waals surface area contributed by atoms with E-state index >= 15 is 0 Å². The molecule has 1 unspecified atom stereocenters. The summed E-state index contributed by atoms with van der Waals surface area (Å²) in [7, 11) is 0. The lowest BCUT2D eigenvalue weighted by Gasteiger charge is -2.31. The Kier molecular flexibility index (Phi) is 4.71. The first-order valence-electron chi connectivity index (χ1n) is 6.11. The molecule has 1 atom stereocenters. The largest absolute Gasteiger partial charge is 0.391 e. The number of carbonyl (C=O) groups is 1. The van der Waals surface area contributed by atoms with Crippen LogP contribution in [0, 0.1) is 5.92 Å². The van der Waals surface area contributed by atoms with Crippen molar-refractivity contribution < 1.29 is 4.79 Å². The predicted octanol–water partition coefficient (Wildman–Crippen LogP) is 2.14. The van der Waals surface area contributed by atoms with Gasteiger partial charge in [0, 0.05) is 5.92 Å². The highest BCUT2D eigenvalue weighted by molar-refractivity contribution is 7.80. The molecule has 1 rings (SSSR count). The smallest absolute Gasteiger partial charge is 0.223 e. The first-order chi connectivity index (χ1) is 7.49. The van der Waals surface area contributed by atoms with Crippen molar-refractivity contribution in [1.29, 1.82) is 0 Å². The van der Waals surface area contributed by atoms with Gasteiger partial charge in [-0.3, -0.25) is 4.79 Å². The summed E-state index contributed by atoms with van der Waals surface area (Å²) in [6.45, 7) is 3.89. The molecule has 1 amide bonds. The van der Waals surface area contributed by atoms with Crippen molar-refractivity contribution in [3.8, 4) is 0 Å². The number of amides is 1. The van der Waals surface area contributed by atoms with E-state index in [-0.39, 0.29) is 11.8 Å². The van der Waals surface area contributed by atoms with Gasteiger partial charge in [-0.05, 0) is 26.2 Å². The topological polar surface area (TPSA) is 55.1 Å². The van der Waals surface area contributed by atoms with Gasteiger partial charge >= 0.3 is 0 Å². The Labute approximate surface area is 103 Å². The fraction of sp³-hybridized carbons (Fsp3) is 0.833. The molecule has 0 aromatic rings. The zero-order chi connectivity index (χ0) is 12.2. The molecule has 0 aromatic carbocycles. The van der Waals surface area contributed by atoms with Gasteiger partial charge in [0.05, 0.1) is 10.5 Å². The number of nitrogens with two attached hydrogens (primary N) is 1. The summed E-state index contributed by atoms with van der Waals surface area (Å²) in [5.41, 5.74) is 5.15. The van der Waals surface area contributed by atoms with Gasteiger partial charge in [0.15, 0.2) is 0 Å². The van der Waals surface area contributed by atoms with E-state index in [0.717, 1.165) is 32.1 Å². The van der Waals surface area contributed by atoms with Crippen molar-refractivity contribution in [2.24, 2.45) is 11.7 Å². The molecule has 0 bridgehead atoms. The van der Waals surface area contributed by atoms with E-state index < -0.39 is 5.54 Å². The van der Waals surface area contributed by atoms with Crippen molar-refractivity contribution in [3.05, 3.63) is 0 Å². The summed E-state index contributed by atoms with van der Waals surface area (Å²) in [5.74, 6) is 0.283. The van der Waals surface area contributed by atoms with Gasteiger partial charge in [0.25, 0.3) is 0 Å². The third kappa shape index (κ3) is 3.17. The standard InChI is InChI=1S/C12H22N2OS/c1-3-12(2,11(13)16)14-10(15)9-7-5-4-6-8-9/h9H,3-8H2,1-2H3,(H2,13,16)(H,14,15). The molecule has 0 radical (unpaired) electrons. The summed E-state index contributed by atoms with van der Waals surface area (Å²) in [5, 5.41) is 3.01. The lowest BCUT2D eigenvalue weighted by Crippen LogP contribution is -2.55. The van der Waals surface area contributed by atoms with Crippen LogP contribution in [0.3, 0.4) is 0 Å². The van der Waals surface area contributed by atoms with Crippen molar-refractivity contribution in [3.63, 3.8) is 0 Å². The summed E-state index contributed by atoms with van der Waals surface area (Å²) in [6.07, 6.45) is 6.32. The first kappa shape index (κ1) is 13.4. The average molecular weight is 242 g/mol. The highest BCUT2D eigenvalue weighted by Gasteiger charge is 2.31. The van der Waals surface area contributed by atoms with Crippen LogP contribution < -0.4 is 11.1 Å². The van der Waals surface area contributed by atoms with E-state index in [9.17, 15) is 4.79 Å². The molecule has 3 nitrogen and oxygen atoms in total. The summed E-state index contributed by atoms with van der Waals surface area (Å²) < 4.78 is 0. The van der Waals surface area contributed by atoms with Gasteiger partial charge in [-0.2, -0.15) is 0 Å². The minimum Gasteiger partial charge on any atom is -0.391 e. The number of thiocarbonyl (C=S) groups is 1. The van der Waals surface area contributed by atoms with Crippen molar-refractivity contribution in [1.82, 2.24) is 5.32 Å². The van der Waals surface area contributed by atoms with Gasteiger partial charge in [-0.25, -0.2) is 0 Å². The van der Waals surface area contributed by atoms with E-state index in [2.05, 4.69) is 5.32 Å². The molecule has 3 N–H and O–H groups in total. The van der Waals surface area contributed by atoms with Gasteiger partial charge < -0.3 is 11.1 Å². The Bertz CT molecular complexity index is 274. The van der Waals surface area contributed by atoms with Crippen LogP contribution in [0.1, 0.15) is 52.4 Å². The second-order valence-electron chi connectivity index (χ2n) is 4.87. The van der Waals surface area contributed by atoms with Crippen LogP contribution in [0.4, 0.5) is 0 Å². The van der Waals surface area contributed by atoms with E-state index in [1.165, 1.54) is 6.42 Å². The molecule has 1 aliphatic rings. The maximum atomic E-state index is 12.1. The van der Waals surface area contributed by atoms with E-state index in [0.29, 0.717) is 4.99 Å².